The molecular formula is C16H21N3O5S2. The van der Waals surface area contributed by atoms with Crippen molar-refractivity contribution in [1.29, 1.82) is 0 Å². The Kier molecular flexibility index (Phi) is 7.22. The summed E-state index contributed by atoms with van der Waals surface area (Å²) in [6.07, 6.45) is 2.23. The van der Waals surface area contributed by atoms with Crippen molar-refractivity contribution in [2.75, 3.05) is 25.1 Å². The van der Waals surface area contributed by atoms with Gasteiger partial charge in [0.1, 0.15) is 5.00 Å². The Balaban J connectivity index is 2.29. The first-order valence-electron chi connectivity index (χ1n) is 8.11. The second kappa shape index (κ2) is 9.39. The zero-order chi connectivity index (χ0) is 19.1. The number of rotatable bonds is 5. The van der Waals surface area contributed by atoms with E-state index in [2.05, 4.69) is 10.6 Å². The summed E-state index contributed by atoms with van der Waals surface area (Å²) in [6, 6.07) is 0. The van der Waals surface area contributed by atoms with Gasteiger partial charge in [0.25, 0.3) is 0 Å². The van der Waals surface area contributed by atoms with E-state index in [9.17, 15) is 9.59 Å². The molecular weight excluding hydrogens is 378 g/mol. The molecule has 0 bridgehead atoms. The van der Waals surface area contributed by atoms with Gasteiger partial charge in [0.05, 0.1) is 31.6 Å². The lowest BCUT2D eigenvalue weighted by Gasteiger charge is -2.26. The quantitative estimate of drug-likeness (QED) is 0.395. The van der Waals surface area contributed by atoms with Crippen LogP contribution in [0.15, 0.2) is 12.5 Å². The second-order valence-corrected chi connectivity index (χ2v) is 6.73. The van der Waals surface area contributed by atoms with Crippen LogP contribution in [0.2, 0.25) is 0 Å². The number of aliphatic hydroxyl groups excluding tert-OH is 1. The van der Waals surface area contributed by atoms with Gasteiger partial charge < -0.3 is 30.1 Å². The Labute approximate surface area is 160 Å². The number of hydrogen-bond donors (Lipinski definition) is 3. The van der Waals surface area contributed by atoms with Crippen molar-refractivity contribution >= 4 is 45.7 Å². The van der Waals surface area contributed by atoms with E-state index in [0.717, 1.165) is 16.7 Å². The minimum absolute atomic E-state index is 0.224. The summed E-state index contributed by atoms with van der Waals surface area (Å²) in [7, 11) is 0. The van der Waals surface area contributed by atoms with Gasteiger partial charge in [0.15, 0.2) is 5.11 Å². The molecule has 3 N–H and O–H groups in total. The van der Waals surface area contributed by atoms with Crippen LogP contribution in [-0.2, 0) is 22.4 Å². The molecule has 0 aliphatic carbocycles. The number of aliphatic hydroxyl groups is 1. The van der Waals surface area contributed by atoms with Crippen LogP contribution in [0, 0.1) is 0 Å². The number of esters is 1. The van der Waals surface area contributed by atoms with E-state index in [1.54, 1.807) is 18.7 Å². The zero-order valence-electron chi connectivity index (χ0n) is 14.5. The van der Waals surface area contributed by atoms with Gasteiger partial charge >= 0.3 is 12.1 Å². The molecule has 142 valence electrons. The molecule has 10 heteroatoms. The first kappa shape index (κ1) is 20.0. The minimum Gasteiger partial charge on any atom is -0.514 e. The highest BCUT2D eigenvalue weighted by Crippen LogP contribution is 2.37. The van der Waals surface area contributed by atoms with Gasteiger partial charge in [-0.15, -0.1) is 11.3 Å². The lowest BCUT2D eigenvalue weighted by molar-refractivity contribution is 0.0526. The van der Waals surface area contributed by atoms with Gasteiger partial charge in [-0.05, 0) is 38.0 Å². The number of anilines is 1. The van der Waals surface area contributed by atoms with Crippen LogP contribution in [0.4, 0.5) is 9.80 Å². The zero-order valence-corrected chi connectivity index (χ0v) is 16.2. The molecule has 8 nitrogen and oxygen atoms in total. The Morgan fingerprint density at radius 2 is 2.08 bits per heavy atom. The standard InChI is InChI=1S/C16H21N3O5S2/c1-3-23-14(21)12-10-5-7-19(16(22)24-4-2)9-11(10)26-13(12)18-15(25)17-6-8-20/h6,8,20H,3-5,7,9H2,1-2H3,(H2,17,18,25)/b8-6-. The average Bonchev–Trinajstić information content (AvgIpc) is 2.97. The molecule has 1 aliphatic rings. The summed E-state index contributed by atoms with van der Waals surface area (Å²) >= 11 is 6.48. The van der Waals surface area contributed by atoms with Crippen LogP contribution >= 0.6 is 23.6 Å². The molecule has 0 atom stereocenters. The molecule has 0 spiro atoms. The van der Waals surface area contributed by atoms with E-state index in [0.29, 0.717) is 36.7 Å². The van der Waals surface area contributed by atoms with Gasteiger partial charge in [-0.1, -0.05) is 0 Å². The van der Waals surface area contributed by atoms with Gasteiger partial charge in [-0.2, -0.15) is 0 Å². The molecule has 1 aromatic rings. The summed E-state index contributed by atoms with van der Waals surface area (Å²) < 4.78 is 10.2. The number of nitrogens with zero attached hydrogens (tertiary/aromatic N) is 1. The number of carbonyl (C=O) groups excluding carboxylic acids is 2. The summed E-state index contributed by atoms with van der Waals surface area (Å²) in [5.74, 6) is -0.433. The average molecular weight is 399 g/mol. The smallest absolute Gasteiger partial charge is 0.410 e. The predicted octanol–water partition coefficient (Wildman–Crippen LogP) is 2.76. The molecule has 0 radical (unpaired) electrons. The minimum atomic E-state index is -0.433. The van der Waals surface area contributed by atoms with Crippen molar-refractivity contribution < 1.29 is 24.2 Å². The topological polar surface area (TPSA) is 100 Å². The van der Waals surface area contributed by atoms with E-state index in [-0.39, 0.29) is 17.8 Å². The molecule has 0 fully saturated rings. The monoisotopic (exact) mass is 399 g/mol. The molecule has 1 amide bonds. The van der Waals surface area contributed by atoms with Crippen LogP contribution in [0.1, 0.15) is 34.6 Å². The van der Waals surface area contributed by atoms with Crippen LogP contribution in [0.5, 0.6) is 0 Å². The highest BCUT2D eigenvalue weighted by molar-refractivity contribution is 7.80. The highest BCUT2D eigenvalue weighted by atomic mass is 32.1. The Hall–Kier alpha value is -2.33. The van der Waals surface area contributed by atoms with Crippen molar-refractivity contribution in [1.82, 2.24) is 10.2 Å². The summed E-state index contributed by atoms with van der Waals surface area (Å²) in [5.41, 5.74) is 1.30. The summed E-state index contributed by atoms with van der Waals surface area (Å²) in [6.45, 7) is 4.90. The third kappa shape index (κ3) is 4.64. The van der Waals surface area contributed by atoms with Crippen molar-refractivity contribution in [2.45, 2.75) is 26.8 Å². The molecule has 0 unspecified atom stereocenters. The lowest BCUT2D eigenvalue weighted by Crippen LogP contribution is -2.36. The largest absolute Gasteiger partial charge is 0.514 e. The number of carbonyl (C=O) groups is 2. The molecule has 1 aliphatic heterocycles. The molecule has 0 saturated carbocycles. The first-order valence-corrected chi connectivity index (χ1v) is 9.34. The summed E-state index contributed by atoms with van der Waals surface area (Å²) in [5, 5.41) is 15.1. The third-order valence-electron chi connectivity index (χ3n) is 3.58. The SMILES string of the molecule is CCOC(=O)c1c(NC(=S)N/C=C\O)sc2c1CCN(C(=O)OCC)C2. The van der Waals surface area contributed by atoms with Crippen molar-refractivity contribution in [3.05, 3.63) is 28.5 Å². The number of fused-ring (bicyclic) bond motifs is 1. The fourth-order valence-corrected chi connectivity index (χ4v) is 4.02. The molecule has 1 aromatic heterocycles. The fraction of sp³-hybridized carbons (Fsp3) is 0.438. The number of thiocarbonyl (C=S) groups is 1. The maximum Gasteiger partial charge on any atom is 0.410 e. The van der Waals surface area contributed by atoms with Crippen LogP contribution in [0.3, 0.4) is 0 Å². The Bertz CT molecular complexity index is 717. The van der Waals surface area contributed by atoms with Gasteiger partial charge in [0.2, 0.25) is 0 Å². The van der Waals surface area contributed by atoms with Crippen LogP contribution < -0.4 is 10.6 Å². The predicted molar refractivity (Wildman–Crippen MR) is 103 cm³/mol. The number of hydrogen-bond acceptors (Lipinski definition) is 7. The van der Waals surface area contributed by atoms with Gasteiger partial charge in [-0.3, -0.25) is 0 Å². The number of thiophene rings is 1. The Morgan fingerprint density at radius 1 is 1.35 bits per heavy atom. The maximum atomic E-state index is 12.4. The number of amides is 1. The highest BCUT2D eigenvalue weighted by Gasteiger charge is 2.31. The molecule has 2 rings (SSSR count). The van der Waals surface area contributed by atoms with E-state index in [1.807, 2.05) is 0 Å². The summed E-state index contributed by atoms with van der Waals surface area (Å²) in [4.78, 5) is 26.9. The van der Waals surface area contributed by atoms with E-state index in [4.69, 9.17) is 26.8 Å². The number of nitrogens with one attached hydrogen (secondary N) is 2. The molecule has 26 heavy (non-hydrogen) atoms. The van der Waals surface area contributed by atoms with Crippen LogP contribution in [-0.4, -0.2) is 46.9 Å². The van der Waals surface area contributed by atoms with E-state index < -0.39 is 5.97 Å². The van der Waals surface area contributed by atoms with E-state index >= 15 is 0 Å². The van der Waals surface area contributed by atoms with Gasteiger partial charge in [0, 0.05) is 17.6 Å². The van der Waals surface area contributed by atoms with E-state index in [1.165, 1.54) is 17.5 Å². The maximum absolute atomic E-state index is 12.4. The first-order chi connectivity index (χ1) is 12.5. The van der Waals surface area contributed by atoms with Crippen molar-refractivity contribution in [3.63, 3.8) is 0 Å². The Morgan fingerprint density at radius 3 is 2.73 bits per heavy atom. The lowest BCUT2D eigenvalue weighted by atomic mass is 10.0. The normalized spacial score (nSPS) is 13.2. The number of ether oxygens (including phenoxy) is 2. The van der Waals surface area contributed by atoms with Crippen LogP contribution in [0.25, 0.3) is 0 Å². The van der Waals surface area contributed by atoms with Crippen molar-refractivity contribution in [2.24, 2.45) is 0 Å². The molecule has 0 saturated heterocycles. The second-order valence-electron chi connectivity index (χ2n) is 5.21. The molecule has 2 heterocycles. The van der Waals surface area contributed by atoms with Crippen molar-refractivity contribution in [3.8, 4) is 0 Å². The fourth-order valence-electron chi connectivity index (χ4n) is 2.53. The third-order valence-corrected chi connectivity index (χ3v) is 4.93. The molecule has 0 aromatic carbocycles. The van der Waals surface area contributed by atoms with Gasteiger partial charge in [-0.25, -0.2) is 9.59 Å².